The van der Waals surface area contributed by atoms with E-state index in [-0.39, 0.29) is 6.61 Å². The van der Waals surface area contributed by atoms with E-state index in [0.29, 0.717) is 6.61 Å². The molecule has 0 aliphatic carbocycles. The minimum atomic E-state index is 0.0275. The highest BCUT2D eigenvalue weighted by Crippen LogP contribution is 2.23. The zero-order chi connectivity index (χ0) is 12.1. The van der Waals surface area contributed by atoms with Crippen LogP contribution in [0.25, 0.3) is 11.1 Å². The van der Waals surface area contributed by atoms with E-state index in [1.807, 2.05) is 48.5 Å². The Hall–Kier alpha value is -2.00. The first-order valence-corrected chi connectivity index (χ1v) is 5.49. The van der Waals surface area contributed by atoms with Gasteiger partial charge in [-0.15, -0.1) is 0 Å². The molecule has 0 amide bonds. The summed E-state index contributed by atoms with van der Waals surface area (Å²) in [6, 6.07) is 15.5. The summed E-state index contributed by atoms with van der Waals surface area (Å²) >= 11 is 0. The Morgan fingerprint density at radius 1 is 0.882 bits per heavy atom. The van der Waals surface area contributed by atoms with Crippen molar-refractivity contribution in [2.24, 2.45) is 0 Å². The molecule has 0 radical (unpaired) electrons. The lowest BCUT2D eigenvalue weighted by molar-refractivity contribution is 0.201. The van der Waals surface area contributed by atoms with Crippen LogP contribution in [-0.4, -0.2) is 18.3 Å². The number of nitrogen functional groups attached to an aromatic ring is 1. The highest BCUT2D eigenvalue weighted by Gasteiger charge is 1.98. The largest absolute Gasteiger partial charge is 0.491 e. The lowest BCUT2D eigenvalue weighted by Crippen LogP contribution is -2.01. The number of aliphatic hydroxyl groups excluding tert-OH is 1. The molecule has 3 heteroatoms. The summed E-state index contributed by atoms with van der Waals surface area (Å²) in [5.74, 6) is 0.762. The van der Waals surface area contributed by atoms with Crippen LogP contribution >= 0.6 is 0 Å². The molecule has 2 aromatic carbocycles. The van der Waals surface area contributed by atoms with Gasteiger partial charge in [-0.05, 0) is 35.4 Å². The second-order valence-corrected chi connectivity index (χ2v) is 3.72. The van der Waals surface area contributed by atoms with Gasteiger partial charge in [0, 0.05) is 5.69 Å². The molecule has 88 valence electrons. The summed E-state index contributed by atoms with van der Waals surface area (Å²) in [5.41, 5.74) is 8.63. The maximum Gasteiger partial charge on any atom is 0.119 e. The fourth-order valence-electron chi connectivity index (χ4n) is 1.58. The van der Waals surface area contributed by atoms with Crippen LogP contribution in [0, 0.1) is 0 Å². The number of nitrogens with two attached hydrogens (primary N) is 1. The molecule has 0 saturated heterocycles. The van der Waals surface area contributed by atoms with Crippen LogP contribution in [0.2, 0.25) is 0 Å². The Kier molecular flexibility index (Phi) is 3.62. The van der Waals surface area contributed by atoms with Crippen molar-refractivity contribution in [3.63, 3.8) is 0 Å². The molecule has 0 aliphatic rings. The zero-order valence-electron chi connectivity index (χ0n) is 9.47. The van der Waals surface area contributed by atoms with Crippen LogP contribution in [0.5, 0.6) is 5.75 Å². The average Bonchev–Trinajstić information content (AvgIpc) is 2.38. The number of benzene rings is 2. The maximum absolute atomic E-state index is 8.65. The molecule has 2 aromatic rings. The first-order valence-electron chi connectivity index (χ1n) is 5.49. The minimum absolute atomic E-state index is 0.0275. The van der Waals surface area contributed by atoms with Gasteiger partial charge in [0.1, 0.15) is 12.4 Å². The number of ether oxygens (including phenoxy) is 1. The molecule has 0 aromatic heterocycles. The quantitative estimate of drug-likeness (QED) is 0.791. The van der Waals surface area contributed by atoms with E-state index >= 15 is 0 Å². The second kappa shape index (κ2) is 5.37. The monoisotopic (exact) mass is 229 g/mol. The fourth-order valence-corrected chi connectivity index (χ4v) is 1.58. The van der Waals surface area contributed by atoms with Crippen molar-refractivity contribution in [3.05, 3.63) is 48.5 Å². The van der Waals surface area contributed by atoms with Gasteiger partial charge in [0.15, 0.2) is 0 Å². The standard InChI is InChI=1S/C14H15NO2/c15-13-5-1-11(2-6-13)12-3-7-14(8-4-12)17-10-9-16/h1-8,16H,9-10,15H2. The number of anilines is 1. The first kappa shape index (κ1) is 11.5. The molecular weight excluding hydrogens is 214 g/mol. The Balaban J connectivity index is 2.14. The molecule has 0 unspecified atom stereocenters. The summed E-state index contributed by atoms with van der Waals surface area (Å²) in [5, 5.41) is 8.65. The number of hydrogen-bond acceptors (Lipinski definition) is 3. The Bertz CT molecular complexity index is 463. The van der Waals surface area contributed by atoms with Crippen LogP contribution < -0.4 is 10.5 Å². The predicted octanol–water partition coefficient (Wildman–Crippen LogP) is 2.31. The normalized spacial score (nSPS) is 10.2. The summed E-state index contributed by atoms with van der Waals surface area (Å²) in [4.78, 5) is 0. The summed E-state index contributed by atoms with van der Waals surface area (Å²) in [7, 11) is 0. The molecule has 0 atom stereocenters. The number of hydrogen-bond donors (Lipinski definition) is 2. The number of aliphatic hydroxyl groups is 1. The van der Waals surface area contributed by atoms with Crippen LogP contribution in [0.15, 0.2) is 48.5 Å². The molecule has 0 fully saturated rings. The van der Waals surface area contributed by atoms with E-state index in [4.69, 9.17) is 15.6 Å². The van der Waals surface area contributed by atoms with Crippen molar-refractivity contribution < 1.29 is 9.84 Å². The minimum Gasteiger partial charge on any atom is -0.491 e. The highest BCUT2D eigenvalue weighted by atomic mass is 16.5. The van der Waals surface area contributed by atoms with Crippen molar-refractivity contribution in [2.45, 2.75) is 0 Å². The smallest absolute Gasteiger partial charge is 0.119 e. The van der Waals surface area contributed by atoms with Gasteiger partial charge in [-0.2, -0.15) is 0 Å². The van der Waals surface area contributed by atoms with Gasteiger partial charge in [0.05, 0.1) is 6.61 Å². The Morgan fingerprint density at radius 2 is 1.41 bits per heavy atom. The third-order valence-corrected chi connectivity index (χ3v) is 2.46. The molecule has 0 heterocycles. The summed E-state index contributed by atoms with van der Waals surface area (Å²) in [6.07, 6.45) is 0. The summed E-state index contributed by atoms with van der Waals surface area (Å²) < 4.78 is 5.30. The fraction of sp³-hybridized carbons (Fsp3) is 0.143. The molecule has 2 rings (SSSR count). The van der Waals surface area contributed by atoms with E-state index < -0.39 is 0 Å². The second-order valence-electron chi connectivity index (χ2n) is 3.72. The van der Waals surface area contributed by atoms with Gasteiger partial charge in [-0.25, -0.2) is 0 Å². The first-order chi connectivity index (χ1) is 8.29. The van der Waals surface area contributed by atoms with E-state index in [9.17, 15) is 0 Å². The lowest BCUT2D eigenvalue weighted by atomic mass is 10.1. The van der Waals surface area contributed by atoms with Crippen molar-refractivity contribution >= 4 is 5.69 Å². The molecule has 0 saturated carbocycles. The molecule has 0 aliphatic heterocycles. The molecule has 3 nitrogen and oxygen atoms in total. The third-order valence-electron chi connectivity index (χ3n) is 2.46. The zero-order valence-corrected chi connectivity index (χ0v) is 9.47. The molecule has 3 N–H and O–H groups in total. The van der Waals surface area contributed by atoms with Crippen molar-refractivity contribution in [3.8, 4) is 16.9 Å². The van der Waals surface area contributed by atoms with E-state index in [2.05, 4.69) is 0 Å². The van der Waals surface area contributed by atoms with Gasteiger partial charge in [0.2, 0.25) is 0 Å². The SMILES string of the molecule is Nc1ccc(-c2ccc(OCCO)cc2)cc1. The lowest BCUT2D eigenvalue weighted by Gasteiger charge is -2.06. The Morgan fingerprint density at radius 3 is 1.94 bits per heavy atom. The average molecular weight is 229 g/mol. The van der Waals surface area contributed by atoms with E-state index in [0.717, 1.165) is 22.6 Å². The third kappa shape index (κ3) is 2.98. The van der Waals surface area contributed by atoms with Gasteiger partial charge in [-0.3, -0.25) is 0 Å². The van der Waals surface area contributed by atoms with Gasteiger partial charge < -0.3 is 15.6 Å². The van der Waals surface area contributed by atoms with Gasteiger partial charge in [0.25, 0.3) is 0 Å². The van der Waals surface area contributed by atoms with E-state index in [1.54, 1.807) is 0 Å². The van der Waals surface area contributed by atoms with Crippen molar-refractivity contribution in [2.75, 3.05) is 18.9 Å². The molecule has 0 bridgehead atoms. The van der Waals surface area contributed by atoms with Crippen LogP contribution in [0.4, 0.5) is 5.69 Å². The van der Waals surface area contributed by atoms with Crippen molar-refractivity contribution in [1.82, 2.24) is 0 Å². The summed E-state index contributed by atoms with van der Waals surface area (Å²) in [6.45, 7) is 0.348. The molecule has 17 heavy (non-hydrogen) atoms. The van der Waals surface area contributed by atoms with Gasteiger partial charge >= 0.3 is 0 Å². The topological polar surface area (TPSA) is 55.5 Å². The van der Waals surface area contributed by atoms with Crippen LogP contribution in [0.1, 0.15) is 0 Å². The Labute approximate surface area is 100 Å². The number of rotatable bonds is 4. The molecule has 0 spiro atoms. The van der Waals surface area contributed by atoms with Crippen LogP contribution in [-0.2, 0) is 0 Å². The maximum atomic E-state index is 8.65. The van der Waals surface area contributed by atoms with Gasteiger partial charge in [-0.1, -0.05) is 24.3 Å². The predicted molar refractivity (Wildman–Crippen MR) is 68.9 cm³/mol. The highest BCUT2D eigenvalue weighted by molar-refractivity contribution is 5.66. The van der Waals surface area contributed by atoms with Crippen molar-refractivity contribution in [1.29, 1.82) is 0 Å². The molecular formula is C14H15NO2. The van der Waals surface area contributed by atoms with E-state index in [1.165, 1.54) is 0 Å². The van der Waals surface area contributed by atoms with Crippen LogP contribution in [0.3, 0.4) is 0 Å².